The zero-order valence-electron chi connectivity index (χ0n) is 38.6. The number of esters is 2. The summed E-state index contributed by atoms with van der Waals surface area (Å²) in [6.45, 7) is 2.84. The maximum Gasteiger partial charge on any atom is 0.472 e. The van der Waals surface area contributed by atoms with Crippen molar-refractivity contribution in [3.63, 3.8) is 0 Å². The lowest BCUT2D eigenvalue weighted by atomic mass is 10.0. The fourth-order valence-corrected chi connectivity index (χ4v) is 7.90. The Morgan fingerprint density at radius 1 is 0.500 bits per heavy atom. The number of ether oxygens (including phenoxy) is 2. The molecule has 0 aromatic carbocycles. The molecular weight excluding hydrogens is 781 g/mol. The predicted molar refractivity (Wildman–Crippen MR) is 245 cm³/mol. The Morgan fingerprint density at radius 3 is 1.23 bits per heavy atom. The summed E-state index contributed by atoms with van der Waals surface area (Å²) in [5.74, 6) is -2.36. The number of nitrogens with two attached hydrogens (primary N) is 1. The van der Waals surface area contributed by atoms with E-state index in [4.69, 9.17) is 24.8 Å². The molecule has 60 heavy (non-hydrogen) atoms. The fraction of sp³-hybridized carbons (Fsp3) is 0.896. The van der Waals surface area contributed by atoms with Crippen molar-refractivity contribution in [1.29, 1.82) is 0 Å². The van der Waals surface area contributed by atoms with Crippen LogP contribution in [0.5, 0.6) is 0 Å². The van der Waals surface area contributed by atoms with E-state index in [0.717, 1.165) is 38.5 Å². The molecule has 0 saturated carbocycles. The van der Waals surface area contributed by atoms with Gasteiger partial charge < -0.3 is 25.2 Å². The minimum atomic E-state index is -4.71. The SMILES string of the molecule is CCCCCC/C=C/CCCCCCCCCCCC(=O)O[C@H](COC(=O)CCCCCCCCCCCCCCCCCCCCC)COP(=O)(O)OC[C@H](N)C(=O)O. The molecule has 0 heterocycles. The van der Waals surface area contributed by atoms with Crippen LogP contribution in [-0.4, -0.2) is 59.9 Å². The summed E-state index contributed by atoms with van der Waals surface area (Å²) < 4.78 is 32.8. The number of phosphoric acid groups is 1. The van der Waals surface area contributed by atoms with Gasteiger partial charge in [0.2, 0.25) is 0 Å². The highest BCUT2D eigenvalue weighted by Gasteiger charge is 2.28. The van der Waals surface area contributed by atoms with E-state index in [1.807, 2.05) is 0 Å². The average Bonchev–Trinajstić information content (AvgIpc) is 3.22. The number of phosphoric ester groups is 1. The molecule has 0 aliphatic rings. The topological polar surface area (TPSA) is 172 Å². The molecule has 3 atom stereocenters. The van der Waals surface area contributed by atoms with Gasteiger partial charge in [0.05, 0.1) is 13.2 Å². The van der Waals surface area contributed by atoms with Crippen LogP contribution in [0.15, 0.2) is 12.2 Å². The number of hydrogen-bond donors (Lipinski definition) is 3. The fourth-order valence-electron chi connectivity index (χ4n) is 7.12. The summed E-state index contributed by atoms with van der Waals surface area (Å²) in [4.78, 5) is 46.1. The number of rotatable bonds is 47. The van der Waals surface area contributed by atoms with Gasteiger partial charge in [-0.15, -0.1) is 0 Å². The molecule has 0 aliphatic heterocycles. The lowest BCUT2D eigenvalue weighted by Crippen LogP contribution is -2.34. The van der Waals surface area contributed by atoms with Gasteiger partial charge in [0.1, 0.15) is 12.6 Å². The van der Waals surface area contributed by atoms with Crippen molar-refractivity contribution < 1.29 is 47.5 Å². The van der Waals surface area contributed by atoms with Crippen molar-refractivity contribution in [2.24, 2.45) is 5.73 Å². The number of hydrogen-bond acceptors (Lipinski definition) is 9. The first-order valence-corrected chi connectivity index (χ1v) is 26.2. The van der Waals surface area contributed by atoms with Crippen LogP contribution in [0.3, 0.4) is 0 Å². The average molecular weight is 874 g/mol. The molecule has 354 valence electrons. The number of aliphatic carboxylic acids is 1. The van der Waals surface area contributed by atoms with Crippen molar-refractivity contribution in [2.75, 3.05) is 19.8 Å². The summed E-state index contributed by atoms with van der Waals surface area (Å²) in [5.41, 5.74) is 5.35. The number of unbranched alkanes of at least 4 members (excludes halogenated alkanes) is 31. The van der Waals surface area contributed by atoms with Gasteiger partial charge >= 0.3 is 25.7 Å². The van der Waals surface area contributed by atoms with Crippen molar-refractivity contribution >= 4 is 25.7 Å². The smallest absolute Gasteiger partial charge is 0.472 e. The van der Waals surface area contributed by atoms with Gasteiger partial charge in [0, 0.05) is 12.8 Å². The maximum atomic E-state index is 12.7. The molecule has 0 aromatic rings. The van der Waals surface area contributed by atoms with Crippen LogP contribution in [0.2, 0.25) is 0 Å². The molecule has 0 spiro atoms. The molecule has 0 aliphatic carbocycles. The molecular formula is C48H92NO10P. The van der Waals surface area contributed by atoms with Crippen LogP contribution in [0.1, 0.15) is 245 Å². The molecule has 0 bridgehead atoms. The second-order valence-electron chi connectivity index (χ2n) is 17.0. The summed E-state index contributed by atoms with van der Waals surface area (Å²) in [5, 5.41) is 8.91. The Morgan fingerprint density at radius 2 is 0.833 bits per heavy atom. The minimum absolute atomic E-state index is 0.163. The standard InChI is InChI=1S/C48H92NO10P/c1-3-5-7-9-11-13-15-17-19-21-22-24-25-27-29-31-33-35-37-39-46(50)56-41-44(42-57-60(54,55)58-43-45(49)48(52)53)59-47(51)40-38-36-34-32-30-28-26-23-20-18-16-14-12-10-8-6-4-2/h14,16,44-45H,3-13,15,17-43,49H2,1-2H3,(H,52,53)(H,54,55)/b16-14+/t44-,45+/m1/s1. The second-order valence-corrected chi connectivity index (χ2v) is 18.4. The first kappa shape index (κ1) is 58.2. The normalized spacial score (nSPS) is 13.7. The lowest BCUT2D eigenvalue weighted by Gasteiger charge is -2.20. The third-order valence-electron chi connectivity index (χ3n) is 11.0. The lowest BCUT2D eigenvalue weighted by molar-refractivity contribution is -0.161. The molecule has 0 fully saturated rings. The van der Waals surface area contributed by atoms with Crippen molar-refractivity contribution in [3.05, 3.63) is 12.2 Å². The molecule has 4 N–H and O–H groups in total. The monoisotopic (exact) mass is 874 g/mol. The highest BCUT2D eigenvalue weighted by molar-refractivity contribution is 7.47. The van der Waals surface area contributed by atoms with Crippen molar-refractivity contribution in [3.8, 4) is 0 Å². The Balaban J connectivity index is 4.23. The quantitative estimate of drug-likeness (QED) is 0.0230. The van der Waals surface area contributed by atoms with Gasteiger partial charge in [-0.1, -0.05) is 206 Å². The zero-order valence-corrected chi connectivity index (χ0v) is 39.5. The van der Waals surface area contributed by atoms with E-state index in [9.17, 15) is 23.8 Å². The summed E-state index contributed by atoms with van der Waals surface area (Å²) >= 11 is 0. The van der Waals surface area contributed by atoms with Crippen LogP contribution in [-0.2, 0) is 37.5 Å². The van der Waals surface area contributed by atoms with Gasteiger partial charge in [0.15, 0.2) is 6.10 Å². The summed E-state index contributed by atoms with van der Waals surface area (Å²) in [6.07, 6.45) is 45.5. The van der Waals surface area contributed by atoms with Crippen molar-refractivity contribution in [2.45, 2.75) is 257 Å². The molecule has 0 radical (unpaired) electrons. The number of carbonyl (C=O) groups excluding carboxylic acids is 2. The number of carboxylic acid groups (broad SMARTS) is 1. The minimum Gasteiger partial charge on any atom is -0.480 e. The van der Waals surface area contributed by atoms with Crippen LogP contribution in [0.25, 0.3) is 0 Å². The largest absolute Gasteiger partial charge is 0.480 e. The van der Waals surface area contributed by atoms with E-state index in [0.29, 0.717) is 12.8 Å². The zero-order chi connectivity index (χ0) is 44.2. The van der Waals surface area contributed by atoms with E-state index in [1.54, 1.807) is 0 Å². The first-order valence-electron chi connectivity index (χ1n) is 24.7. The van der Waals surface area contributed by atoms with Crippen LogP contribution < -0.4 is 5.73 Å². The third-order valence-corrected chi connectivity index (χ3v) is 12.0. The number of carboxylic acids is 1. The Kier molecular flexibility index (Phi) is 42.6. The molecule has 11 nitrogen and oxygen atoms in total. The van der Waals surface area contributed by atoms with Crippen LogP contribution in [0.4, 0.5) is 0 Å². The highest BCUT2D eigenvalue weighted by Crippen LogP contribution is 2.43. The molecule has 1 unspecified atom stereocenters. The van der Waals surface area contributed by atoms with Crippen molar-refractivity contribution in [1.82, 2.24) is 0 Å². The van der Waals surface area contributed by atoms with Gasteiger partial charge in [-0.25, -0.2) is 4.57 Å². The Labute approximate surface area is 367 Å². The predicted octanol–water partition coefficient (Wildman–Crippen LogP) is 13.6. The van der Waals surface area contributed by atoms with Crippen LogP contribution >= 0.6 is 7.82 Å². The van der Waals surface area contributed by atoms with Crippen LogP contribution in [0, 0.1) is 0 Å². The number of carbonyl (C=O) groups is 3. The van der Waals surface area contributed by atoms with E-state index in [1.165, 1.54) is 167 Å². The third kappa shape index (κ3) is 42.9. The summed E-state index contributed by atoms with van der Waals surface area (Å²) in [7, 11) is -4.71. The van der Waals surface area contributed by atoms with E-state index < -0.39 is 51.1 Å². The van der Waals surface area contributed by atoms with Gasteiger partial charge in [-0.3, -0.25) is 23.4 Å². The van der Waals surface area contributed by atoms with Gasteiger partial charge in [0.25, 0.3) is 0 Å². The summed E-state index contributed by atoms with van der Waals surface area (Å²) in [6, 6.07) is -1.52. The second kappa shape index (κ2) is 43.9. The number of allylic oxidation sites excluding steroid dienone is 2. The van der Waals surface area contributed by atoms with E-state index in [-0.39, 0.29) is 19.4 Å². The molecule has 0 amide bonds. The molecule has 0 rings (SSSR count). The Hall–Kier alpha value is -1.78. The maximum absolute atomic E-state index is 12.7. The van der Waals surface area contributed by atoms with E-state index in [2.05, 4.69) is 30.5 Å². The molecule has 0 saturated heterocycles. The Bertz CT molecular complexity index is 1070. The molecule has 0 aromatic heterocycles. The highest BCUT2D eigenvalue weighted by atomic mass is 31.2. The molecule has 12 heteroatoms. The first-order chi connectivity index (χ1) is 29.1. The van der Waals surface area contributed by atoms with E-state index >= 15 is 0 Å². The van der Waals surface area contributed by atoms with Gasteiger partial charge in [-0.2, -0.15) is 0 Å². The van der Waals surface area contributed by atoms with Gasteiger partial charge in [-0.05, 0) is 38.5 Å².